The summed E-state index contributed by atoms with van der Waals surface area (Å²) in [7, 11) is 0. The molecule has 7 nitrogen and oxygen atoms in total. The summed E-state index contributed by atoms with van der Waals surface area (Å²) in [6.45, 7) is 5.07. The van der Waals surface area contributed by atoms with Crippen LogP contribution in [0.4, 0.5) is 4.79 Å². The second kappa shape index (κ2) is 8.52. The second-order valence-electron chi connectivity index (χ2n) is 9.85. The number of hydrogen-bond acceptors (Lipinski definition) is 5. The number of ether oxygens (including phenoxy) is 1. The number of aliphatic hydroxyl groups is 1. The van der Waals surface area contributed by atoms with Crippen LogP contribution in [0.1, 0.15) is 44.6 Å². The minimum absolute atomic E-state index is 0.0303. The third-order valence-electron chi connectivity index (χ3n) is 7.87. The first kappa shape index (κ1) is 21.5. The molecule has 2 amide bonds. The first-order chi connectivity index (χ1) is 15.5. The van der Waals surface area contributed by atoms with Gasteiger partial charge in [-0.3, -0.25) is 9.69 Å². The van der Waals surface area contributed by atoms with E-state index in [4.69, 9.17) is 4.74 Å². The number of piperidine rings is 1. The molecule has 0 radical (unpaired) electrons. The lowest BCUT2D eigenvalue weighted by molar-refractivity contribution is -0.138. The van der Waals surface area contributed by atoms with Crippen molar-refractivity contribution in [1.29, 1.82) is 0 Å². The highest BCUT2D eigenvalue weighted by molar-refractivity contribution is 5.89. The number of aliphatic hydroxyl groups excluding tert-OH is 1. The van der Waals surface area contributed by atoms with Crippen molar-refractivity contribution in [2.45, 2.75) is 63.8 Å². The molecule has 7 heteroatoms. The molecule has 0 bridgehead atoms. The van der Waals surface area contributed by atoms with Crippen LogP contribution in [-0.2, 0) is 16.1 Å². The lowest BCUT2D eigenvalue weighted by Gasteiger charge is -2.41. The van der Waals surface area contributed by atoms with Crippen molar-refractivity contribution in [2.75, 3.05) is 26.2 Å². The molecule has 32 heavy (non-hydrogen) atoms. The number of nitrogens with zero attached hydrogens (tertiary/aromatic N) is 3. The monoisotopic (exact) mass is 439 g/mol. The Morgan fingerprint density at radius 3 is 2.72 bits per heavy atom. The molecule has 1 aliphatic carbocycles. The van der Waals surface area contributed by atoms with Crippen molar-refractivity contribution in [3.8, 4) is 0 Å². The smallest absolute Gasteiger partial charge is 0.411 e. The van der Waals surface area contributed by atoms with E-state index in [0.717, 1.165) is 50.2 Å². The summed E-state index contributed by atoms with van der Waals surface area (Å²) in [4.78, 5) is 31.7. The molecule has 1 N–H and O–H groups in total. The number of piperazine rings is 1. The van der Waals surface area contributed by atoms with Gasteiger partial charge in [-0.2, -0.15) is 0 Å². The highest BCUT2D eigenvalue weighted by atomic mass is 16.6. The number of hydrogen-bond donors (Lipinski definition) is 1. The second-order valence-corrected chi connectivity index (χ2v) is 9.85. The van der Waals surface area contributed by atoms with Crippen LogP contribution in [0.2, 0.25) is 0 Å². The van der Waals surface area contributed by atoms with E-state index >= 15 is 0 Å². The molecule has 3 heterocycles. The third kappa shape index (κ3) is 4.04. The summed E-state index contributed by atoms with van der Waals surface area (Å²) in [6.07, 6.45) is 6.57. The maximum absolute atomic E-state index is 13.2. The van der Waals surface area contributed by atoms with Gasteiger partial charge in [-0.15, -0.1) is 0 Å². The number of rotatable bonds is 5. The normalized spacial score (nSPS) is 29.1. The van der Waals surface area contributed by atoms with Gasteiger partial charge in [-0.05, 0) is 56.6 Å². The molecular weight excluding hydrogens is 406 g/mol. The largest absolute Gasteiger partial charge is 0.445 e. The summed E-state index contributed by atoms with van der Waals surface area (Å²) in [5.41, 5.74) is 2.05. The summed E-state index contributed by atoms with van der Waals surface area (Å²) < 4.78 is 5.48. The number of carbonyl (C=O) groups excluding carboxylic acids is 2. The summed E-state index contributed by atoms with van der Waals surface area (Å²) in [5.74, 6) is -0.0303. The zero-order chi connectivity index (χ0) is 22.3. The van der Waals surface area contributed by atoms with Crippen molar-refractivity contribution in [2.24, 2.45) is 5.41 Å². The van der Waals surface area contributed by atoms with E-state index in [2.05, 4.69) is 11.0 Å². The van der Waals surface area contributed by atoms with Crippen LogP contribution in [0.5, 0.6) is 0 Å². The van der Waals surface area contributed by atoms with Gasteiger partial charge in [0.15, 0.2) is 0 Å². The fraction of sp³-hybridized carbons (Fsp3) is 0.600. The molecule has 1 saturated carbocycles. The number of carbonyl (C=O) groups is 2. The number of benzene rings is 1. The first-order valence-electron chi connectivity index (χ1n) is 11.9. The van der Waals surface area contributed by atoms with E-state index in [-0.39, 0.29) is 30.1 Å². The van der Waals surface area contributed by atoms with Crippen LogP contribution < -0.4 is 0 Å². The zero-order valence-corrected chi connectivity index (χ0v) is 18.8. The standard InChI is InChI=1S/C25H33N3O4/c1-18-23(30)28-20(9-13-26-14-12-25(10-11-25)22(29)16-26)7-8-21(28)15-27(18)24(31)32-17-19-5-3-2-4-6-19/h2-6,8,18,20,22,29H,7,9-17H2,1H3/t18-,20?,22?/m0/s1. The van der Waals surface area contributed by atoms with Gasteiger partial charge in [0, 0.05) is 24.8 Å². The Labute approximate surface area is 189 Å². The van der Waals surface area contributed by atoms with Gasteiger partial charge in [-0.1, -0.05) is 36.4 Å². The van der Waals surface area contributed by atoms with Crippen LogP contribution in [0, 0.1) is 5.41 Å². The minimum atomic E-state index is -0.539. The van der Waals surface area contributed by atoms with E-state index in [0.29, 0.717) is 6.54 Å². The van der Waals surface area contributed by atoms with Gasteiger partial charge in [0.05, 0.1) is 12.6 Å². The molecule has 4 aliphatic rings. The van der Waals surface area contributed by atoms with Crippen molar-refractivity contribution in [3.05, 3.63) is 47.7 Å². The lowest BCUT2D eigenvalue weighted by atomic mass is 9.90. The Morgan fingerprint density at radius 2 is 2.00 bits per heavy atom. The molecule has 3 aliphatic heterocycles. The third-order valence-corrected chi connectivity index (χ3v) is 7.87. The van der Waals surface area contributed by atoms with Gasteiger partial charge in [0.25, 0.3) is 0 Å². The predicted octanol–water partition coefficient (Wildman–Crippen LogP) is 2.75. The zero-order valence-electron chi connectivity index (χ0n) is 18.8. The highest BCUT2D eigenvalue weighted by Gasteiger charge is 2.51. The van der Waals surface area contributed by atoms with Crippen molar-refractivity contribution < 1.29 is 19.4 Å². The van der Waals surface area contributed by atoms with Crippen molar-refractivity contribution in [3.63, 3.8) is 0 Å². The Morgan fingerprint density at radius 1 is 1.22 bits per heavy atom. The Bertz CT molecular complexity index is 898. The van der Waals surface area contributed by atoms with E-state index < -0.39 is 12.1 Å². The van der Waals surface area contributed by atoms with Gasteiger partial charge in [-0.25, -0.2) is 4.79 Å². The van der Waals surface area contributed by atoms with Crippen LogP contribution in [0.3, 0.4) is 0 Å². The Kier molecular flexibility index (Phi) is 5.72. The molecule has 0 aromatic heterocycles. The van der Waals surface area contributed by atoms with Gasteiger partial charge in [0.1, 0.15) is 12.6 Å². The maximum Gasteiger partial charge on any atom is 0.411 e. The van der Waals surface area contributed by atoms with Crippen molar-refractivity contribution in [1.82, 2.24) is 14.7 Å². The number of likely N-dealkylation sites (tertiary alicyclic amines) is 1. The van der Waals surface area contributed by atoms with Crippen molar-refractivity contribution >= 4 is 12.0 Å². The molecule has 2 unspecified atom stereocenters. The van der Waals surface area contributed by atoms with Crippen LogP contribution >= 0.6 is 0 Å². The average molecular weight is 440 g/mol. The van der Waals surface area contributed by atoms with Crippen LogP contribution in [0.15, 0.2) is 42.1 Å². The van der Waals surface area contributed by atoms with E-state index in [1.54, 1.807) is 6.92 Å². The van der Waals surface area contributed by atoms with E-state index in [9.17, 15) is 14.7 Å². The lowest BCUT2D eigenvalue weighted by Crippen LogP contribution is -2.57. The maximum atomic E-state index is 13.2. The molecule has 2 saturated heterocycles. The fourth-order valence-electron chi connectivity index (χ4n) is 5.45. The van der Waals surface area contributed by atoms with E-state index in [1.807, 2.05) is 35.2 Å². The molecule has 5 rings (SSSR count). The molecule has 3 atom stereocenters. The topological polar surface area (TPSA) is 73.3 Å². The van der Waals surface area contributed by atoms with Gasteiger partial charge < -0.3 is 19.6 Å². The van der Waals surface area contributed by atoms with Gasteiger partial charge in [0.2, 0.25) is 5.91 Å². The first-order valence-corrected chi connectivity index (χ1v) is 11.9. The number of fused-ring (bicyclic) bond motifs is 1. The molecular formula is C25H33N3O4. The molecule has 172 valence electrons. The SMILES string of the molecule is C[C@H]1C(=O)N2C(=CCC2CCN2CCC3(CC3)C(O)C2)CN1C(=O)OCc1ccccc1. The Balaban J connectivity index is 1.15. The predicted molar refractivity (Wildman–Crippen MR) is 119 cm³/mol. The summed E-state index contributed by atoms with van der Waals surface area (Å²) in [5, 5.41) is 10.5. The van der Waals surface area contributed by atoms with Gasteiger partial charge >= 0.3 is 6.09 Å². The quantitative estimate of drug-likeness (QED) is 0.764. The summed E-state index contributed by atoms with van der Waals surface area (Å²) in [6, 6.07) is 9.16. The van der Waals surface area contributed by atoms with E-state index in [1.165, 1.54) is 17.7 Å². The highest BCUT2D eigenvalue weighted by Crippen LogP contribution is 2.53. The minimum Gasteiger partial charge on any atom is -0.445 e. The summed E-state index contributed by atoms with van der Waals surface area (Å²) >= 11 is 0. The molecule has 1 aromatic rings. The Hall–Kier alpha value is -2.38. The number of β-amino-alcohol motifs (C(OH)–C–C–N with tert-alkyl or cyclic N) is 1. The van der Waals surface area contributed by atoms with Crippen LogP contribution in [-0.4, -0.2) is 76.2 Å². The fourth-order valence-corrected chi connectivity index (χ4v) is 5.45. The molecule has 3 fully saturated rings. The molecule has 1 aromatic carbocycles. The molecule has 1 spiro atoms. The average Bonchev–Trinajstić information content (AvgIpc) is 3.47. The van der Waals surface area contributed by atoms with Crippen LogP contribution in [0.25, 0.3) is 0 Å². The number of amides is 2.